The summed E-state index contributed by atoms with van der Waals surface area (Å²) in [7, 11) is 4.34. The van der Waals surface area contributed by atoms with Gasteiger partial charge in [-0.2, -0.15) is 0 Å². The summed E-state index contributed by atoms with van der Waals surface area (Å²) < 4.78 is 14.7. The van der Waals surface area contributed by atoms with Crippen LogP contribution in [0.1, 0.15) is 10.9 Å². The van der Waals surface area contributed by atoms with Gasteiger partial charge in [0.05, 0.1) is 21.3 Å². The lowest BCUT2D eigenvalue weighted by Gasteiger charge is -2.11. The van der Waals surface area contributed by atoms with Crippen molar-refractivity contribution in [3.63, 3.8) is 0 Å². The van der Waals surface area contributed by atoms with Gasteiger partial charge < -0.3 is 14.2 Å². The van der Waals surface area contributed by atoms with Crippen molar-refractivity contribution in [1.82, 2.24) is 0 Å². The molecule has 4 nitrogen and oxygen atoms in total. The highest BCUT2D eigenvalue weighted by Gasteiger charge is 2.19. The van der Waals surface area contributed by atoms with E-state index in [0.717, 1.165) is 0 Å². The molecule has 0 N–H and O–H groups in total. The molecule has 0 amide bonds. The van der Waals surface area contributed by atoms with Crippen LogP contribution in [-0.2, 0) is 9.53 Å². The van der Waals surface area contributed by atoms with Crippen LogP contribution in [0.5, 0.6) is 11.5 Å². The van der Waals surface area contributed by atoms with Gasteiger partial charge in [-0.15, -0.1) is 11.6 Å². The summed E-state index contributed by atoms with van der Waals surface area (Å²) in [6, 6.07) is 5.03. The van der Waals surface area contributed by atoms with Crippen LogP contribution in [-0.4, -0.2) is 27.3 Å². The van der Waals surface area contributed by atoms with E-state index in [4.69, 9.17) is 21.1 Å². The van der Waals surface area contributed by atoms with Crippen molar-refractivity contribution in [1.29, 1.82) is 0 Å². The number of methoxy groups -OCH3 is 3. The Morgan fingerprint density at radius 1 is 1.12 bits per heavy atom. The average Bonchev–Trinajstić information content (AvgIpc) is 2.35. The maximum absolute atomic E-state index is 11.3. The summed E-state index contributed by atoms with van der Waals surface area (Å²) >= 11 is 5.93. The first-order valence-corrected chi connectivity index (χ1v) is 5.01. The van der Waals surface area contributed by atoms with Gasteiger partial charge in [0, 0.05) is 6.07 Å². The minimum atomic E-state index is -0.867. The van der Waals surface area contributed by atoms with Gasteiger partial charge in [-0.05, 0) is 17.7 Å². The lowest BCUT2D eigenvalue weighted by molar-refractivity contribution is -0.140. The van der Waals surface area contributed by atoms with Crippen LogP contribution in [0.3, 0.4) is 0 Å². The number of rotatable bonds is 4. The highest BCUT2D eigenvalue weighted by molar-refractivity contribution is 6.30. The van der Waals surface area contributed by atoms with E-state index in [1.54, 1.807) is 18.2 Å². The highest BCUT2D eigenvalue weighted by Crippen LogP contribution is 2.30. The third-order valence-electron chi connectivity index (χ3n) is 2.07. The topological polar surface area (TPSA) is 44.8 Å². The summed E-state index contributed by atoms with van der Waals surface area (Å²) in [5, 5.41) is -0.867. The molecule has 16 heavy (non-hydrogen) atoms. The van der Waals surface area contributed by atoms with E-state index in [1.165, 1.54) is 21.3 Å². The van der Waals surface area contributed by atoms with Crippen molar-refractivity contribution in [2.24, 2.45) is 0 Å². The minimum Gasteiger partial charge on any atom is -0.497 e. The molecule has 88 valence electrons. The largest absolute Gasteiger partial charge is 0.497 e. The van der Waals surface area contributed by atoms with Gasteiger partial charge in [0.25, 0.3) is 0 Å². The van der Waals surface area contributed by atoms with Crippen LogP contribution in [0.15, 0.2) is 18.2 Å². The maximum atomic E-state index is 11.3. The Morgan fingerprint density at radius 3 is 2.00 bits per heavy atom. The fraction of sp³-hybridized carbons (Fsp3) is 0.364. The second kappa shape index (κ2) is 5.61. The molecule has 0 aliphatic rings. The molecule has 0 radical (unpaired) electrons. The summed E-state index contributed by atoms with van der Waals surface area (Å²) in [6.45, 7) is 0. The Labute approximate surface area is 99.1 Å². The summed E-state index contributed by atoms with van der Waals surface area (Å²) in [6.07, 6.45) is 0. The Balaban J connectivity index is 3.07. The standard InChI is InChI=1S/C11H13ClO4/c1-14-8-4-7(5-9(6-8)15-2)10(12)11(13)16-3/h4-6,10H,1-3H3/t10-/m0/s1. The lowest BCUT2D eigenvalue weighted by atomic mass is 10.1. The molecule has 0 bridgehead atoms. The van der Waals surface area contributed by atoms with Crippen molar-refractivity contribution in [2.45, 2.75) is 5.38 Å². The number of carbonyl (C=O) groups is 1. The first kappa shape index (κ1) is 12.6. The van der Waals surface area contributed by atoms with Crippen LogP contribution in [0.2, 0.25) is 0 Å². The number of ether oxygens (including phenoxy) is 3. The van der Waals surface area contributed by atoms with Gasteiger partial charge in [0.1, 0.15) is 11.5 Å². The van der Waals surface area contributed by atoms with Crippen LogP contribution in [0.25, 0.3) is 0 Å². The van der Waals surface area contributed by atoms with Crippen molar-refractivity contribution in [2.75, 3.05) is 21.3 Å². The monoisotopic (exact) mass is 244 g/mol. The van der Waals surface area contributed by atoms with E-state index in [1.807, 2.05) is 0 Å². The molecule has 0 spiro atoms. The van der Waals surface area contributed by atoms with Crippen LogP contribution in [0.4, 0.5) is 0 Å². The molecule has 5 heteroatoms. The van der Waals surface area contributed by atoms with Gasteiger partial charge in [-0.3, -0.25) is 4.79 Å². The predicted octanol–water partition coefficient (Wildman–Crippen LogP) is 2.16. The molecule has 0 saturated heterocycles. The first-order valence-electron chi connectivity index (χ1n) is 4.57. The first-order chi connectivity index (χ1) is 7.62. The zero-order valence-corrected chi connectivity index (χ0v) is 10.1. The summed E-state index contributed by atoms with van der Waals surface area (Å²) in [5.41, 5.74) is 0.574. The predicted molar refractivity (Wildman–Crippen MR) is 60.2 cm³/mol. The molecule has 0 unspecified atom stereocenters. The third kappa shape index (κ3) is 2.79. The van der Waals surface area contributed by atoms with Gasteiger partial charge in [0.2, 0.25) is 0 Å². The molecule has 0 aromatic heterocycles. The third-order valence-corrected chi connectivity index (χ3v) is 2.50. The number of benzene rings is 1. The summed E-state index contributed by atoms with van der Waals surface area (Å²) in [5.74, 6) is 0.629. The molecular weight excluding hydrogens is 232 g/mol. The Kier molecular flexibility index (Phi) is 4.43. The zero-order valence-electron chi connectivity index (χ0n) is 9.32. The molecule has 0 aliphatic carbocycles. The number of alkyl halides is 1. The Bertz CT molecular complexity index is 356. The van der Waals surface area contributed by atoms with E-state index >= 15 is 0 Å². The summed E-state index contributed by atoms with van der Waals surface area (Å²) in [4.78, 5) is 11.3. The molecule has 1 atom stereocenters. The number of carbonyl (C=O) groups excluding carboxylic acids is 1. The molecular formula is C11H13ClO4. The molecule has 1 aromatic rings. The van der Waals surface area contributed by atoms with E-state index in [0.29, 0.717) is 17.1 Å². The van der Waals surface area contributed by atoms with Crippen molar-refractivity contribution < 1.29 is 19.0 Å². The fourth-order valence-electron chi connectivity index (χ4n) is 1.22. The van der Waals surface area contributed by atoms with Crippen molar-refractivity contribution in [3.8, 4) is 11.5 Å². The van der Waals surface area contributed by atoms with Crippen molar-refractivity contribution in [3.05, 3.63) is 23.8 Å². The molecule has 0 heterocycles. The van der Waals surface area contributed by atoms with Crippen LogP contribution >= 0.6 is 11.6 Å². The van der Waals surface area contributed by atoms with Crippen LogP contribution < -0.4 is 9.47 Å². The minimum absolute atomic E-state index is 0.517. The molecule has 0 fully saturated rings. The molecule has 0 saturated carbocycles. The van der Waals surface area contributed by atoms with Gasteiger partial charge in [-0.25, -0.2) is 0 Å². The highest BCUT2D eigenvalue weighted by atomic mass is 35.5. The van der Waals surface area contributed by atoms with Crippen LogP contribution in [0, 0.1) is 0 Å². The van der Waals surface area contributed by atoms with Gasteiger partial charge >= 0.3 is 5.97 Å². The van der Waals surface area contributed by atoms with E-state index in [-0.39, 0.29) is 0 Å². The second-order valence-electron chi connectivity index (χ2n) is 3.03. The zero-order chi connectivity index (χ0) is 12.1. The maximum Gasteiger partial charge on any atom is 0.328 e. The van der Waals surface area contributed by atoms with Gasteiger partial charge in [-0.1, -0.05) is 0 Å². The van der Waals surface area contributed by atoms with E-state index < -0.39 is 11.3 Å². The Hall–Kier alpha value is -1.42. The smallest absolute Gasteiger partial charge is 0.328 e. The molecule has 1 rings (SSSR count). The van der Waals surface area contributed by atoms with E-state index in [9.17, 15) is 4.79 Å². The molecule has 0 aliphatic heterocycles. The number of hydrogen-bond acceptors (Lipinski definition) is 4. The quantitative estimate of drug-likeness (QED) is 0.601. The number of esters is 1. The normalized spacial score (nSPS) is 11.8. The second-order valence-corrected chi connectivity index (χ2v) is 3.47. The SMILES string of the molecule is COC(=O)[C@@H](Cl)c1cc(OC)cc(OC)c1. The number of halogens is 1. The fourth-order valence-corrected chi connectivity index (χ4v) is 1.43. The average molecular weight is 245 g/mol. The van der Waals surface area contributed by atoms with E-state index in [2.05, 4.69) is 4.74 Å². The number of hydrogen-bond donors (Lipinski definition) is 0. The van der Waals surface area contributed by atoms with Gasteiger partial charge in [0.15, 0.2) is 5.38 Å². The van der Waals surface area contributed by atoms with Crippen molar-refractivity contribution >= 4 is 17.6 Å². The molecule has 1 aromatic carbocycles. The lowest BCUT2D eigenvalue weighted by Crippen LogP contribution is -2.08. The Morgan fingerprint density at radius 2 is 1.62 bits per heavy atom.